The zero-order valence-electron chi connectivity index (χ0n) is 8.04. The van der Waals surface area contributed by atoms with E-state index in [-0.39, 0.29) is 11.7 Å². The van der Waals surface area contributed by atoms with Crippen LogP contribution in [0.1, 0.15) is 22.8 Å². The fourth-order valence-electron chi connectivity index (χ4n) is 1.49. The molecule has 0 N–H and O–H groups in total. The number of Topliss-reactive ketones (excluding diaryl/α,β-unsaturated/α-hetero) is 1. The van der Waals surface area contributed by atoms with Gasteiger partial charge in [0.05, 0.1) is 16.6 Å². The summed E-state index contributed by atoms with van der Waals surface area (Å²) in [6.45, 7) is 3.74. The topological polar surface area (TPSA) is 29.4 Å². The van der Waals surface area contributed by atoms with Crippen LogP contribution in [0.15, 0.2) is 17.1 Å². The number of fused-ring (bicyclic) bond motifs is 1. The number of rotatable bonds is 0. The Labute approximate surface area is 87.6 Å². The molecule has 0 aliphatic carbocycles. The second kappa shape index (κ2) is 3.21. The first-order valence-electron chi connectivity index (χ1n) is 4.48. The summed E-state index contributed by atoms with van der Waals surface area (Å²) in [4.78, 5) is 15.9. The SMILES string of the molecule is Cc1ccc2c(c1Cl)N=CC(C)C2=O. The Hall–Kier alpha value is -1.15. The third-order valence-electron chi connectivity index (χ3n) is 2.42. The maximum absolute atomic E-state index is 11.7. The van der Waals surface area contributed by atoms with Crippen molar-refractivity contribution in [2.24, 2.45) is 10.9 Å². The summed E-state index contributed by atoms with van der Waals surface area (Å²) in [5.74, 6) is -0.0434. The number of carbonyl (C=O) groups excluding carboxylic acids is 1. The number of aryl methyl sites for hydroxylation is 1. The smallest absolute Gasteiger partial charge is 0.173 e. The average molecular weight is 208 g/mol. The number of ketones is 1. The highest BCUT2D eigenvalue weighted by atomic mass is 35.5. The van der Waals surface area contributed by atoms with Crippen LogP contribution in [0.5, 0.6) is 0 Å². The molecule has 1 unspecified atom stereocenters. The van der Waals surface area contributed by atoms with Crippen LogP contribution in [0.25, 0.3) is 0 Å². The van der Waals surface area contributed by atoms with Gasteiger partial charge in [-0.3, -0.25) is 9.79 Å². The van der Waals surface area contributed by atoms with Crippen molar-refractivity contribution < 1.29 is 4.79 Å². The third-order valence-corrected chi connectivity index (χ3v) is 2.89. The molecular weight excluding hydrogens is 198 g/mol. The average Bonchev–Trinajstić information content (AvgIpc) is 2.17. The molecule has 0 bridgehead atoms. The van der Waals surface area contributed by atoms with Gasteiger partial charge < -0.3 is 0 Å². The Morgan fingerprint density at radius 2 is 2.14 bits per heavy atom. The standard InChI is InChI=1S/C11H10ClNO/c1-6-3-4-8-10(9(6)12)13-5-7(2)11(8)14/h3-5,7H,1-2H3. The van der Waals surface area contributed by atoms with E-state index in [1.54, 1.807) is 12.3 Å². The largest absolute Gasteiger partial charge is 0.293 e. The Bertz CT molecular complexity index is 437. The van der Waals surface area contributed by atoms with E-state index in [0.717, 1.165) is 5.56 Å². The summed E-state index contributed by atoms with van der Waals surface area (Å²) in [5, 5.41) is 0.582. The zero-order chi connectivity index (χ0) is 10.3. The minimum atomic E-state index is -0.138. The van der Waals surface area contributed by atoms with Crippen LogP contribution in [0.3, 0.4) is 0 Å². The molecule has 14 heavy (non-hydrogen) atoms. The highest BCUT2D eigenvalue weighted by Gasteiger charge is 2.23. The Balaban J connectivity index is 2.68. The van der Waals surface area contributed by atoms with E-state index in [0.29, 0.717) is 16.3 Å². The molecule has 72 valence electrons. The first kappa shape index (κ1) is 9.41. The van der Waals surface area contributed by atoms with Crippen LogP contribution >= 0.6 is 11.6 Å². The summed E-state index contributed by atoms with van der Waals surface area (Å²) in [6, 6.07) is 3.65. The van der Waals surface area contributed by atoms with Gasteiger partial charge in [-0.2, -0.15) is 0 Å². The molecule has 2 nitrogen and oxygen atoms in total. The van der Waals surface area contributed by atoms with Crippen molar-refractivity contribution >= 4 is 29.3 Å². The molecule has 1 atom stereocenters. The molecule has 1 aromatic rings. The summed E-state index contributed by atoms with van der Waals surface area (Å²) in [6.07, 6.45) is 1.65. The molecular formula is C11H10ClNO. The molecule has 1 aliphatic rings. The third kappa shape index (κ3) is 1.26. The number of aliphatic imine (C=N–C) groups is 1. The molecule has 2 rings (SSSR count). The summed E-state index contributed by atoms with van der Waals surface area (Å²) < 4.78 is 0. The number of hydrogen-bond acceptors (Lipinski definition) is 2. The number of nitrogens with zero attached hydrogens (tertiary/aromatic N) is 1. The van der Waals surface area contributed by atoms with Gasteiger partial charge in [0.1, 0.15) is 0 Å². The van der Waals surface area contributed by atoms with Gasteiger partial charge in [0, 0.05) is 11.8 Å². The first-order valence-corrected chi connectivity index (χ1v) is 4.86. The molecule has 0 saturated carbocycles. The Kier molecular flexibility index (Phi) is 2.16. The molecule has 0 radical (unpaired) electrons. The molecule has 0 amide bonds. The lowest BCUT2D eigenvalue weighted by Gasteiger charge is -2.15. The van der Waals surface area contributed by atoms with Gasteiger partial charge in [-0.1, -0.05) is 24.6 Å². The monoisotopic (exact) mass is 207 g/mol. The van der Waals surface area contributed by atoms with Gasteiger partial charge >= 0.3 is 0 Å². The highest BCUT2D eigenvalue weighted by Crippen LogP contribution is 2.35. The number of carbonyl (C=O) groups is 1. The van der Waals surface area contributed by atoms with Gasteiger partial charge in [-0.05, 0) is 18.6 Å². The van der Waals surface area contributed by atoms with Crippen molar-refractivity contribution in [3.63, 3.8) is 0 Å². The van der Waals surface area contributed by atoms with E-state index in [2.05, 4.69) is 4.99 Å². The van der Waals surface area contributed by atoms with Crippen LogP contribution in [-0.2, 0) is 0 Å². The highest BCUT2D eigenvalue weighted by molar-refractivity contribution is 6.35. The molecule has 0 saturated heterocycles. The summed E-state index contributed by atoms with van der Waals surface area (Å²) >= 11 is 6.06. The molecule has 0 aromatic heterocycles. The van der Waals surface area contributed by atoms with Gasteiger partial charge in [-0.25, -0.2) is 0 Å². The minimum absolute atomic E-state index is 0.0944. The minimum Gasteiger partial charge on any atom is -0.293 e. The van der Waals surface area contributed by atoms with Gasteiger partial charge in [-0.15, -0.1) is 0 Å². The quantitative estimate of drug-likeness (QED) is 0.643. The van der Waals surface area contributed by atoms with Crippen molar-refractivity contribution in [2.75, 3.05) is 0 Å². The van der Waals surface area contributed by atoms with Crippen LogP contribution < -0.4 is 0 Å². The lowest BCUT2D eigenvalue weighted by Crippen LogP contribution is -2.16. The predicted octanol–water partition coefficient (Wildman–Crippen LogP) is 3.18. The lowest BCUT2D eigenvalue weighted by atomic mass is 9.95. The zero-order valence-corrected chi connectivity index (χ0v) is 8.80. The van der Waals surface area contributed by atoms with Gasteiger partial charge in [0.25, 0.3) is 0 Å². The van der Waals surface area contributed by atoms with Crippen molar-refractivity contribution in [3.8, 4) is 0 Å². The molecule has 1 heterocycles. The Morgan fingerprint density at radius 1 is 1.43 bits per heavy atom. The molecule has 3 heteroatoms. The van der Waals surface area contributed by atoms with Gasteiger partial charge in [0.2, 0.25) is 0 Å². The van der Waals surface area contributed by atoms with E-state index in [1.165, 1.54) is 0 Å². The van der Waals surface area contributed by atoms with E-state index in [9.17, 15) is 4.79 Å². The summed E-state index contributed by atoms with van der Waals surface area (Å²) in [7, 11) is 0. The van der Waals surface area contributed by atoms with Crippen molar-refractivity contribution in [3.05, 3.63) is 28.3 Å². The molecule has 1 aromatic carbocycles. The number of halogens is 1. The van der Waals surface area contributed by atoms with Crippen LogP contribution in [-0.4, -0.2) is 12.0 Å². The summed E-state index contributed by atoms with van der Waals surface area (Å²) in [5.41, 5.74) is 2.20. The van der Waals surface area contributed by atoms with E-state index >= 15 is 0 Å². The molecule has 0 spiro atoms. The Morgan fingerprint density at radius 3 is 2.86 bits per heavy atom. The van der Waals surface area contributed by atoms with Crippen LogP contribution in [0, 0.1) is 12.8 Å². The lowest BCUT2D eigenvalue weighted by molar-refractivity contribution is 0.0962. The van der Waals surface area contributed by atoms with E-state index in [4.69, 9.17) is 11.6 Å². The fourth-order valence-corrected chi connectivity index (χ4v) is 1.70. The second-order valence-electron chi connectivity index (χ2n) is 3.52. The predicted molar refractivity (Wildman–Crippen MR) is 57.8 cm³/mol. The number of hydrogen-bond donors (Lipinski definition) is 0. The van der Waals surface area contributed by atoms with E-state index in [1.807, 2.05) is 19.9 Å². The van der Waals surface area contributed by atoms with Crippen molar-refractivity contribution in [2.45, 2.75) is 13.8 Å². The number of benzene rings is 1. The van der Waals surface area contributed by atoms with Crippen LogP contribution in [0.2, 0.25) is 5.02 Å². The van der Waals surface area contributed by atoms with Gasteiger partial charge in [0.15, 0.2) is 5.78 Å². The van der Waals surface area contributed by atoms with E-state index < -0.39 is 0 Å². The van der Waals surface area contributed by atoms with Crippen molar-refractivity contribution in [1.82, 2.24) is 0 Å². The maximum atomic E-state index is 11.7. The molecule has 1 aliphatic heterocycles. The molecule has 0 fully saturated rings. The fraction of sp³-hybridized carbons (Fsp3) is 0.273. The second-order valence-corrected chi connectivity index (χ2v) is 3.90. The normalized spacial score (nSPS) is 19.6. The van der Waals surface area contributed by atoms with Crippen LogP contribution in [0.4, 0.5) is 5.69 Å². The van der Waals surface area contributed by atoms with Crippen molar-refractivity contribution in [1.29, 1.82) is 0 Å². The maximum Gasteiger partial charge on any atom is 0.173 e. The first-order chi connectivity index (χ1) is 6.61.